The van der Waals surface area contributed by atoms with Crippen molar-refractivity contribution in [2.24, 2.45) is 5.73 Å². The van der Waals surface area contributed by atoms with E-state index in [1.165, 1.54) is 7.11 Å². The van der Waals surface area contributed by atoms with Crippen molar-refractivity contribution in [3.8, 4) is 0 Å². The Morgan fingerprint density at radius 3 is 2.58 bits per heavy atom. The molecule has 3 rings (SSSR count). The van der Waals surface area contributed by atoms with Crippen molar-refractivity contribution in [1.29, 1.82) is 0 Å². The van der Waals surface area contributed by atoms with Crippen LogP contribution < -0.4 is 22.3 Å². The van der Waals surface area contributed by atoms with E-state index in [0.717, 1.165) is 22.9 Å². The zero-order valence-electron chi connectivity index (χ0n) is 20.5. The summed E-state index contributed by atoms with van der Waals surface area (Å²) in [6.45, 7) is 0.281. The van der Waals surface area contributed by atoms with Gasteiger partial charge in [0.15, 0.2) is 18.1 Å². The maximum atomic E-state index is 12.5. The fraction of sp³-hybridized carbons (Fsp3) is 0.636. The third-order valence-corrected chi connectivity index (χ3v) is 6.04. The van der Waals surface area contributed by atoms with Gasteiger partial charge in [0.2, 0.25) is 12.2 Å². The average Bonchev–Trinajstić information content (AvgIpc) is 3.19. The fourth-order valence-corrected chi connectivity index (χ4v) is 4.09. The van der Waals surface area contributed by atoms with E-state index in [1.54, 1.807) is 0 Å². The van der Waals surface area contributed by atoms with Crippen LogP contribution in [-0.4, -0.2) is 105 Å². The topological polar surface area (TPSA) is 245 Å². The number of nitrogens with one attached hydrogen (secondary N) is 2. The van der Waals surface area contributed by atoms with E-state index >= 15 is 0 Å². The summed E-state index contributed by atoms with van der Waals surface area (Å²) < 4.78 is 22.8. The molecule has 0 radical (unpaired) electrons. The first-order valence-electron chi connectivity index (χ1n) is 11.8. The predicted molar refractivity (Wildman–Crippen MR) is 125 cm³/mol. The Kier molecular flexibility index (Phi) is 10.1. The standard InChI is InChI=1S/C22H32N4O12/c1-35-15-14(31)20(26-7-5-12(29)25-22(26)34)37-16(15)17(18(23)32)38-21-13(30)10(28)9-11(36-21)19(33)24-6-3-2-4-8-27/h5,7,9-10,13-17,20-21,27-28,30-31H,2-4,6,8H2,1H3,(H2,23,32)(H,24,33)(H,25,29,34)/t10-,13-,14+,15-,16?,17?,20+,21+/m0/s1. The van der Waals surface area contributed by atoms with Gasteiger partial charge in [0.05, 0.1) is 0 Å². The number of carbonyl (C=O) groups is 2. The third kappa shape index (κ3) is 6.65. The van der Waals surface area contributed by atoms with Gasteiger partial charge in [0.1, 0.15) is 30.5 Å². The van der Waals surface area contributed by atoms with E-state index in [0.29, 0.717) is 19.3 Å². The lowest BCUT2D eigenvalue weighted by Gasteiger charge is -2.35. The van der Waals surface area contributed by atoms with Crippen LogP contribution in [0.3, 0.4) is 0 Å². The summed E-state index contributed by atoms with van der Waals surface area (Å²) >= 11 is 0. The number of aromatic nitrogens is 2. The maximum Gasteiger partial charge on any atom is 0.330 e. The molecule has 0 spiro atoms. The Labute approximate surface area is 215 Å². The lowest BCUT2D eigenvalue weighted by atomic mass is 10.0. The molecule has 2 aliphatic heterocycles. The van der Waals surface area contributed by atoms with Gasteiger partial charge in [-0.1, -0.05) is 0 Å². The highest BCUT2D eigenvalue weighted by molar-refractivity contribution is 5.91. The largest absolute Gasteiger partial charge is 0.456 e. The number of aliphatic hydroxyl groups excluding tert-OH is 4. The van der Waals surface area contributed by atoms with Crippen molar-refractivity contribution in [1.82, 2.24) is 14.9 Å². The van der Waals surface area contributed by atoms with Crippen molar-refractivity contribution in [3.63, 3.8) is 0 Å². The molecule has 212 valence electrons. The summed E-state index contributed by atoms with van der Waals surface area (Å²) in [6, 6.07) is 1.02. The number of primary amides is 1. The minimum atomic E-state index is -1.77. The van der Waals surface area contributed by atoms with Crippen LogP contribution >= 0.6 is 0 Å². The van der Waals surface area contributed by atoms with Gasteiger partial charge in [-0.3, -0.25) is 23.9 Å². The number of H-pyrrole nitrogens is 1. The number of aliphatic hydroxyl groups is 4. The summed E-state index contributed by atoms with van der Waals surface area (Å²) in [7, 11) is 1.20. The summed E-state index contributed by atoms with van der Waals surface area (Å²) in [6.07, 6.45) is -8.70. The first-order valence-corrected chi connectivity index (χ1v) is 11.8. The van der Waals surface area contributed by atoms with Crippen LogP contribution in [0.4, 0.5) is 0 Å². The molecule has 3 heterocycles. The monoisotopic (exact) mass is 544 g/mol. The van der Waals surface area contributed by atoms with Gasteiger partial charge in [0, 0.05) is 32.5 Å². The van der Waals surface area contributed by atoms with E-state index in [4.69, 9.17) is 29.8 Å². The predicted octanol–water partition coefficient (Wildman–Crippen LogP) is -4.08. The average molecular weight is 545 g/mol. The molecule has 16 nitrogen and oxygen atoms in total. The molecule has 8 atom stereocenters. The minimum Gasteiger partial charge on any atom is -0.456 e. The number of hydrogen-bond acceptors (Lipinski definition) is 12. The molecular formula is C22H32N4O12. The summed E-state index contributed by atoms with van der Waals surface area (Å²) in [5, 5.41) is 42.8. The lowest BCUT2D eigenvalue weighted by Crippen LogP contribution is -2.54. The van der Waals surface area contributed by atoms with Gasteiger partial charge in [-0.25, -0.2) is 4.79 Å². The minimum absolute atomic E-state index is 0.0281. The molecule has 1 aromatic rings. The van der Waals surface area contributed by atoms with Crippen LogP contribution in [-0.2, 0) is 28.5 Å². The molecular weight excluding hydrogens is 512 g/mol. The van der Waals surface area contributed by atoms with E-state index < -0.39 is 72.2 Å². The van der Waals surface area contributed by atoms with Gasteiger partial charge in [-0.15, -0.1) is 0 Å². The first-order chi connectivity index (χ1) is 18.1. The van der Waals surface area contributed by atoms with Crippen LogP contribution in [0.15, 0.2) is 33.7 Å². The molecule has 2 aliphatic rings. The Hall–Kier alpha value is -3.12. The highest BCUT2D eigenvalue weighted by Gasteiger charge is 2.52. The summed E-state index contributed by atoms with van der Waals surface area (Å²) in [5.41, 5.74) is 3.92. The molecule has 1 aromatic heterocycles. The third-order valence-electron chi connectivity index (χ3n) is 6.04. The highest BCUT2D eigenvalue weighted by Crippen LogP contribution is 2.34. The zero-order chi connectivity index (χ0) is 28.0. The van der Waals surface area contributed by atoms with Crippen molar-refractivity contribution < 1.29 is 49.0 Å². The fourth-order valence-electron chi connectivity index (χ4n) is 4.09. The number of hydrogen-bond donors (Lipinski definition) is 7. The normalized spacial score (nSPS) is 29.8. The van der Waals surface area contributed by atoms with Crippen molar-refractivity contribution in [2.45, 2.75) is 68.4 Å². The SMILES string of the molecule is CO[C@@H]1C(C(O[C@H]2OC(C(=O)NCCCCCO)=C[C@H](O)[C@@H]2O)C(N)=O)O[C@@H](n2ccc(=O)[nH]c2=O)[C@@H]1O. The second-order valence-corrected chi connectivity index (χ2v) is 8.70. The number of ether oxygens (including phenoxy) is 4. The quantitative estimate of drug-likeness (QED) is 0.124. The zero-order valence-corrected chi connectivity index (χ0v) is 20.5. The van der Waals surface area contributed by atoms with Crippen LogP contribution in [0, 0.1) is 0 Å². The van der Waals surface area contributed by atoms with Gasteiger partial charge < -0.3 is 50.4 Å². The summed E-state index contributed by atoms with van der Waals surface area (Å²) in [4.78, 5) is 50.5. The molecule has 1 fully saturated rings. The molecule has 38 heavy (non-hydrogen) atoms. The number of nitrogens with two attached hydrogens (primary N) is 1. The van der Waals surface area contributed by atoms with Crippen LogP contribution in [0.25, 0.3) is 0 Å². The van der Waals surface area contributed by atoms with Crippen molar-refractivity contribution in [3.05, 3.63) is 44.9 Å². The molecule has 0 bridgehead atoms. The molecule has 1 saturated heterocycles. The Balaban J connectivity index is 1.76. The highest BCUT2D eigenvalue weighted by atomic mass is 16.7. The summed E-state index contributed by atoms with van der Waals surface area (Å²) in [5.74, 6) is -2.23. The van der Waals surface area contributed by atoms with E-state index in [-0.39, 0.29) is 18.9 Å². The molecule has 8 N–H and O–H groups in total. The van der Waals surface area contributed by atoms with Crippen LogP contribution in [0.2, 0.25) is 0 Å². The number of rotatable bonds is 12. The van der Waals surface area contributed by atoms with Crippen molar-refractivity contribution in [2.75, 3.05) is 20.3 Å². The number of amides is 2. The number of carbonyl (C=O) groups excluding carboxylic acids is 2. The molecule has 0 aromatic carbocycles. The number of aromatic amines is 1. The van der Waals surface area contributed by atoms with Gasteiger partial charge in [-0.05, 0) is 25.3 Å². The van der Waals surface area contributed by atoms with E-state index in [9.17, 15) is 34.5 Å². The lowest BCUT2D eigenvalue weighted by molar-refractivity contribution is -0.241. The Morgan fingerprint density at radius 2 is 1.95 bits per heavy atom. The molecule has 16 heteroatoms. The second kappa shape index (κ2) is 13.1. The Bertz CT molecular complexity index is 1120. The van der Waals surface area contributed by atoms with Gasteiger partial charge in [0.25, 0.3) is 11.5 Å². The van der Waals surface area contributed by atoms with E-state index in [2.05, 4.69) is 5.32 Å². The number of unbranched alkanes of at least 4 members (excludes halogenated alkanes) is 2. The van der Waals surface area contributed by atoms with Crippen LogP contribution in [0.5, 0.6) is 0 Å². The maximum absolute atomic E-state index is 12.5. The smallest absolute Gasteiger partial charge is 0.330 e. The molecule has 2 amide bonds. The molecule has 2 unspecified atom stereocenters. The van der Waals surface area contributed by atoms with Crippen molar-refractivity contribution >= 4 is 11.8 Å². The second-order valence-electron chi connectivity index (χ2n) is 8.70. The number of nitrogens with zero attached hydrogens (tertiary/aromatic N) is 1. The first kappa shape index (κ1) is 29.4. The molecule has 0 aliphatic carbocycles. The van der Waals surface area contributed by atoms with Gasteiger partial charge in [-0.2, -0.15) is 0 Å². The van der Waals surface area contributed by atoms with E-state index in [1.807, 2.05) is 4.98 Å². The van der Waals surface area contributed by atoms with Gasteiger partial charge >= 0.3 is 5.69 Å². The Morgan fingerprint density at radius 1 is 1.21 bits per heavy atom. The number of methoxy groups -OCH3 is 1. The molecule has 0 saturated carbocycles. The van der Waals surface area contributed by atoms with Crippen LogP contribution in [0.1, 0.15) is 25.5 Å².